The summed E-state index contributed by atoms with van der Waals surface area (Å²) < 4.78 is 11.5. The van der Waals surface area contributed by atoms with Gasteiger partial charge in [0.05, 0.1) is 23.2 Å². The van der Waals surface area contributed by atoms with Crippen LogP contribution in [-0.2, 0) is 22.4 Å². The van der Waals surface area contributed by atoms with Crippen molar-refractivity contribution in [1.29, 1.82) is 0 Å². The van der Waals surface area contributed by atoms with Gasteiger partial charge in [-0.3, -0.25) is 4.79 Å². The van der Waals surface area contributed by atoms with Crippen molar-refractivity contribution >= 4 is 40.0 Å². The predicted molar refractivity (Wildman–Crippen MR) is 132 cm³/mol. The van der Waals surface area contributed by atoms with Crippen LogP contribution in [0, 0.1) is 11.3 Å². The molecular formula is C25H29N3O5S2. The van der Waals surface area contributed by atoms with Crippen LogP contribution in [-0.4, -0.2) is 29.5 Å². The topological polar surface area (TPSA) is 108 Å². The van der Waals surface area contributed by atoms with Crippen molar-refractivity contribution in [3.63, 3.8) is 0 Å². The lowest BCUT2D eigenvalue weighted by Crippen LogP contribution is -2.35. The summed E-state index contributed by atoms with van der Waals surface area (Å²) >= 11 is 2.49. The molecule has 0 saturated heterocycles. The number of thioether (sulfide) groups is 1. The first kappa shape index (κ1) is 25.2. The van der Waals surface area contributed by atoms with Crippen molar-refractivity contribution in [2.45, 2.75) is 52.0 Å². The molecule has 1 atom stereocenters. The Morgan fingerprint density at radius 3 is 2.74 bits per heavy atom. The molecule has 0 radical (unpaired) electrons. The third kappa shape index (κ3) is 5.54. The molecule has 0 aliphatic heterocycles. The number of ether oxygens (including phenoxy) is 1. The van der Waals surface area contributed by atoms with Gasteiger partial charge >= 0.3 is 5.97 Å². The maximum Gasteiger partial charge on any atom is 0.341 e. The number of nitrogens with zero attached hydrogens (tertiary/aromatic N) is 2. The maximum absolute atomic E-state index is 12.9. The van der Waals surface area contributed by atoms with E-state index in [2.05, 4.69) is 31.4 Å². The minimum absolute atomic E-state index is 0.0429. The number of amides is 1. The van der Waals surface area contributed by atoms with Gasteiger partial charge in [0.25, 0.3) is 5.03 Å². The lowest BCUT2D eigenvalue weighted by Gasteiger charge is -2.33. The lowest BCUT2D eigenvalue weighted by molar-refractivity contribution is -0.705. The van der Waals surface area contributed by atoms with Crippen LogP contribution in [0.25, 0.3) is 5.69 Å². The Bertz CT molecular complexity index is 1210. The minimum Gasteiger partial charge on any atom is -0.538 e. The number of thiophene rings is 1. The molecule has 8 nitrogen and oxygen atoms in total. The Balaban J connectivity index is 1.53. The van der Waals surface area contributed by atoms with Gasteiger partial charge in [-0.2, -0.15) is 0 Å². The molecular weight excluding hydrogens is 486 g/mol. The zero-order valence-corrected chi connectivity index (χ0v) is 21.9. The van der Waals surface area contributed by atoms with Crippen LogP contribution >= 0.6 is 23.1 Å². The van der Waals surface area contributed by atoms with Gasteiger partial charge < -0.3 is 19.7 Å². The largest absolute Gasteiger partial charge is 0.538 e. The number of hydrogen-bond donors (Lipinski definition) is 1. The van der Waals surface area contributed by atoms with E-state index < -0.39 is 11.9 Å². The molecule has 4 rings (SSSR count). The summed E-state index contributed by atoms with van der Waals surface area (Å²) in [5.74, 6) is -0.894. The highest BCUT2D eigenvalue weighted by atomic mass is 32.2. The molecule has 35 heavy (non-hydrogen) atoms. The van der Waals surface area contributed by atoms with Gasteiger partial charge in [0, 0.05) is 17.0 Å². The number of para-hydroxylation sites is 1. The van der Waals surface area contributed by atoms with E-state index in [4.69, 9.17) is 9.26 Å². The molecule has 0 spiro atoms. The molecule has 10 heteroatoms. The quantitative estimate of drug-likeness (QED) is 0.286. The smallest absolute Gasteiger partial charge is 0.341 e. The summed E-state index contributed by atoms with van der Waals surface area (Å²) in [7, 11) is 0. The second kappa shape index (κ2) is 10.4. The van der Waals surface area contributed by atoms with Gasteiger partial charge in [-0.25, -0.2) is 4.79 Å². The monoisotopic (exact) mass is 515 g/mol. The number of rotatable bonds is 7. The summed E-state index contributed by atoms with van der Waals surface area (Å²) in [5.41, 5.74) is 2.27. The number of carbonyl (C=O) groups is 2. The predicted octanol–water partition coefficient (Wildman–Crippen LogP) is 4.14. The Kier molecular flexibility index (Phi) is 7.51. The van der Waals surface area contributed by atoms with Gasteiger partial charge in [-0.15, -0.1) is 11.3 Å². The molecule has 0 fully saturated rings. The van der Waals surface area contributed by atoms with Crippen LogP contribution in [0.15, 0.2) is 39.9 Å². The van der Waals surface area contributed by atoms with E-state index >= 15 is 0 Å². The van der Waals surface area contributed by atoms with Crippen LogP contribution in [0.3, 0.4) is 0 Å². The fourth-order valence-electron chi connectivity index (χ4n) is 4.22. The second-order valence-corrected chi connectivity index (χ2v) is 11.6. The summed E-state index contributed by atoms with van der Waals surface area (Å²) in [4.78, 5) is 26.8. The minimum atomic E-state index is -0.612. The van der Waals surface area contributed by atoms with E-state index in [1.54, 1.807) is 19.1 Å². The summed E-state index contributed by atoms with van der Waals surface area (Å²) in [6, 6.07) is 9.08. The van der Waals surface area contributed by atoms with Crippen molar-refractivity contribution in [2.75, 3.05) is 17.7 Å². The normalized spacial score (nSPS) is 15.5. The molecule has 186 valence electrons. The molecule has 3 aromatic rings. The third-order valence-corrected chi connectivity index (χ3v) is 8.32. The molecule has 2 heterocycles. The molecule has 1 N–H and O–H groups in total. The summed E-state index contributed by atoms with van der Waals surface area (Å²) in [6.45, 7) is 8.73. The lowest BCUT2D eigenvalue weighted by atomic mass is 9.72. The standard InChI is InChI=1S/C25H29N3O5S2/c1-5-32-23(30)20-17-12-11-15(25(2,3)4)13-18(17)35-21(20)26-19(29)14-34-22-24(31)33-27-28(22)16-9-7-6-8-10-16/h6-10,15H,5,11-14H2,1-4H3,(H-,26,27,29,30,31). The number of hydrogen-bond acceptors (Lipinski definition) is 8. The Hall–Kier alpha value is -2.85. The summed E-state index contributed by atoms with van der Waals surface area (Å²) in [6.07, 6.45) is 2.64. The second-order valence-electron chi connectivity index (χ2n) is 9.48. The molecule has 1 unspecified atom stereocenters. The van der Waals surface area contributed by atoms with E-state index in [9.17, 15) is 14.7 Å². The van der Waals surface area contributed by atoms with Crippen molar-refractivity contribution in [3.05, 3.63) is 46.3 Å². The number of nitrogens with one attached hydrogen (secondary N) is 1. The Morgan fingerprint density at radius 1 is 1.31 bits per heavy atom. The maximum atomic E-state index is 12.9. The number of carbonyl (C=O) groups excluding carboxylic acids is 2. The van der Waals surface area contributed by atoms with E-state index in [1.807, 2.05) is 18.2 Å². The summed E-state index contributed by atoms with van der Waals surface area (Å²) in [5, 5.41) is 19.6. The van der Waals surface area contributed by atoms with Crippen LogP contribution in [0.4, 0.5) is 5.00 Å². The van der Waals surface area contributed by atoms with Gasteiger partial charge in [0.1, 0.15) is 5.00 Å². The van der Waals surface area contributed by atoms with Gasteiger partial charge in [-0.05, 0) is 59.5 Å². The van der Waals surface area contributed by atoms with E-state index in [1.165, 1.54) is 16.0 Å². The van der Waals surface area contributed by atoms with Crippen LogP contribution < -0.4 is 15.1 Å². The highest BCUT2D eigenvalue weighted by Crippen LogP contribution is 2.44. The third-order valence-electron chi connectivity index (χ3n) is 6.14. The number of benzene rings is 1. The van der Waals surface area contributed by atoms with Gasteiger partial charge in [0.2, 0.25) is 11.6 Å². The number of fused-ring (bicyclic) bond motifs is 1. The molecule has 1 aliphatic rings. The fourth-order valence-corrected chi connectivity index (χ4v) is 6.31. The highest BCUT2D eigenvalue weighted by molar-refractivity contribution is 7.99. The highest BCUT2D eigenvalue weighted by Gasteiger charge is 2.34. The van der Waals surface area contributed by atoms with Crippen LogP contribution in [0.2, 0.25) is 0 Å². The average Bonchev–Trinajstić information content (AvgIpc) is 3.36. The van der Waals surface area contributed by atoms with Crippen LogP contribution in [0.1, 0.15) is 54.9 Å². The van der Waals surface area contributed by atoms with Crippen molar-refractivity contribution in [1.82, 2.24) is 5.27 Å². The first-order valence-electron chi connectivity index (χ1n) is 11.6. The van der Waals surface area contributed by atoms with Crippen molar-refractivity contribution in [2.24, 2.45) is 11.3 Å². The van der Waals surface area contributed by atoms with E-state index in [0.29, 0.717) is 22.2 Å². The van der Waals surface area contributed by atoms with Crippen LogP contribution in [0.5, 0.6) is 5.95 Å². The van der Waals surface area contributed by atoms with Gasteiger partial charge in [0.15, 0.2) is 5.95 Å². The number of anilines is 1. The average molecular weight is 516 g/mol. The molecule has 0 bridgehead atoms. The van der Waals surface area contributed by atoms with E-state index in [-0.39, 0.29) is 28.7 Å². The van der Waals surface area contributed by atoms with Crippen molar-refractivity contribution in [3.8, 4) is 11.6 Å². The SMILES string of the molecule is CCOC(=O)c1c(NC(=O)CSc2c([O-])on[n+]2-c2ccccc2)sc2c1CCC(C(C)(C)C)C2. The Morgan fingerprint density at radius 2 is 2.06 bits per heavy atom. The van der Waals surface area contributed by atoms with Gasteiger partial charge in [-0.1, -0.05) is 39.0 Å². The number of aromatic nitrogens is 2. The number of esters is 1. The Labute approximate surface area is 212 Å². The molecule has 1 amide bonds. The molecule has 1 aliphatic carbocycles. The van der Waals surface area contributed by atoms with Crippen molar-refractivity contribution < 1.29 is 28.6 Å². The molecule has 2 aromatic heterocycles. The fraction of sp³-hybridized carbons (Fsp3) is 0.440. The first-order valence-corrected chi connectivity index (χ1v) is 13.4. The zero-order valence-electron chi connectivity index (χ0n) is 20.3. The van der Waals surface area contributed by atoms with E-state index in [0.717, 1.165) is 41.5 Å². The molecule has 0 saturated carbocycles. The zero-order chi connectivity index (χ0) is 25.2. The molecule has 1 aromatic carbocycles. The first-order chi connectivity index (χ1) is 16.7.